The van der Waals surface area contributed by atoms with E-state index in [1.54, 1.807) is 0 Å². The summed E-state index contributed by atoms with van der Waals surface area (Å²) in [5.74, 6) is 0.747. The van der Waals surface area contributed by atoms with E-state index in [9.17, 15) is 18.0 Å². The Kier molecular flexibility index (Phi) is 7.24. The fourth-order valence-corrected chi connectivity index (χ4v) is 3.46. The van der Waals surface area contributed by atoms with E-state index in [2.05, 4.69) is 20.6 Å². The lowest BCUT2D eigenvalue weighted by Gasteiger charge is -2.18. The fraction of sp³-hybridized carbons (Fsp3) is 0.688. The molecule has 1 aliphatic rings. The number of hydrogen-bond donors (Lipinski definition) is 2. The number of halogens is 3. The lowest BCUT2D eigenvalue weighted by molar-refractivity contribution is -0.140. The number of carbonyl (C=O) groups is 1. The Balaban J connectivity index is 1.87. The quantitative estimate of drug-likeness (QED) is 0.577. The van der Waals surface area contributed by atoms with E-state index >= 15 is 0 Å². The van der Waals surface area contributed by atoms with Crippen LogP contribution in [0.5, 0.6) is 0 Å². The van der Waals surface area contributed by atoms with Gasteiger partial charge in [0.25, 0.3) is 0 Å². The maximum Gasteiger partial charge on any atom is 0.434 e. The number of nitrogens with one attached hydrogen (secondary N) is 2. The van der Waals surface area contributed by atoms with Gasteiger partial charge in [0, 0.05) is 50.4 Å². The van der Waals surface area contributed by atoms with E-state index in [0.29, 0.717) is 43.4 Å². The molecule has 1 unspecified atom stereocenters. The Labute approximate surface area is 154 Å². The van der Waals surface area contributed by atoms with Gasteiger partial charge in [-0.2, -0.15) is 13.2 Å². The number of alkyl halides is 3. The third-order valence-electron chi connectivity index (χ3n) is 3.97. The largest absolute Gasteiger partial charge is 0.434 e. The molecule has 1 amide bonds. The van der Waals surface area contributed by atoms with Crippen molar-refractivity contribution in [2.75, 3.05) is 26.2 Å². The molecular formula is C16H24F3N5OS. The number of carbonyl (C=O) groups excluding carboxylic acids is 1. The van der Waals surface area contributed by atoms with Crippen LogP contribution in [0, 0.1) is 0 Å². The van der Waals surface area contributed by atoms with Gasteiger partial charge in [-0.3, -0.25) is 9.79 Å². The van der Waals surface area contributed by atoms with Crippen LogP contribution in [-0.2, 0) is 17.4 Å². The van der Waals surface area contributed by atoms with Crippen LogP contribution in [0.25, 0.3) is 0 Å². The summed E-state index contributed by atoms with van der Waals surface area (Å²) < 4.78 is 37.7. The molecule has 0 bridgehead atoms. The number of thiazole rings is 1. The average Bonchev–Trinajstić information content (AvgIpc) is 3.23. The van der Waals surface area contributed by atoms with Crippen LogP contribution >= 0.6 is 11.3 Å². The van der Waals surface area contributed by atoms with Gasteiger partial charge in [-0.15, -0.1) is 11.3 Å². The zero-order chi connectivity index (χ0) is 19.2. The molecule has 0 aromatic carbocycles. The van der Waals surface area contributed by atoms with E-state index in [1.165, 1.54) is 0 Å². The van der Waals surface area contributed by atoms with Gasteiger partial charge in [0.05, 0.1) is 5.01 Å². The molecule has 0 saturated carbocycles. The molecule has 2 N–H and O–H groups in total. The summed E-state index contributed by atoms with van der Waals surface area (Å²) in [6.07, 6.45) is -2.71. The molecule has 2 rings (SSSR count). The highest BCUT2D eigenvalue weighted by molar-refractivity contribution is 7.09. The Hall–Kier alpha value is -1.84. The van der Waals surface area contributed by atoms with E-state index in [-0.39, 0.29) is 11.9 Å². The first-order valence-electron chi connectivity index (χ1n) is 8.67. The molecule has 2 heterocycles. The number of amides is 1. The summed E-state index contributed by atoms with van der Waals surface area (Å²) in [6.45, 7) is 6.16. The normalized spacial score (nSPS) is 18.3. The van der Waals surface area contributed by atoms with Crippen LogP contribution in [0.15, 0.2) is 10.4 Å². The molecule has 0 radical (unpaired) electrons. The van der Waals surface area contributed by atoms with Gasteiger partial charge in [0.2, 0.25) is 5.91 Å². The molecular weight excluding hydrogens is 367 g/mol. The first-order valence-corrected chi connectivity index (χ1v) is 9.55. The highest BCUT2D eigenvalue weighted by Crippen LogP contribution is 2.30. The summed E-state index contributed by atoms with van der Waals surface area (Å²) in [5, 5.41) is 7.85. The van der Waals surface area contributed by atoms with Crippen LogP contribution in [0.4, 0.5) is 13.2 Å². The fourth-order valence-electron chi connectivity index (χ4n) is 2.66. The first-order chi connectivity index (χ1) is 12.3. The zero-order valence-corrected chi connectivity index (χ0v) is 15.7. The SMILES string of the molecule is CCNC(=NCCc1nc(C(F)(F)F)cs1)NC1CCN(C(=O)CC)C1. The molecule has 1 aromatic heterocycles. The first kappa shape index (κ1) is 20.5. The van der Waals surface area contributed by atoms with Gasteiger partial charge in [-0.05, 0) is 13.3 Å². The predicted molar refractivity (Wildman–Crippen MR) is 95.2 cm³/mol. The molecule has 1 aliphatic heterocycles. The van der Waals surface area contributed by atoms with Crippen molar-refractivity contribution in [3.63, 3.8) is 0 Å². The number of guanidine groups is 1. The predicted octanol–water partition coefficient (Wildman–Crippen LogP) is 2.27. The van der Waals surface area contributed by atoms with Crippen molar-refractivity contribution >= 4 is 23.2 Å². The van der Waals surface area contributed by atoms with Crippen LogP contribution in [-0.4, -0.2) is 54.0 Å². The Bertz CT molecular complexity index is 632. The summed E-state index contributed by atoms with van der Waals surface area (Å²) >= 11 is 0.995. The van der Waals surface area contributed by atoms with Crippen molar-refractivity contribution in [2.45, 2.75) is 45.3 Å². The second-order valence-electron chi connectivity index (χ2n) is 5.96. The van der Waals surface area contributed by atoms with Crippen LogP contribution in [0.2, 0.25) is 0 Å². The third-order valence-corrected chi connectivity index (χ3v) is 4.87. The van der Waals surface area contributed by atoms with Crippen molar-refractivity contribution in [3.05, 3.63) is 16.1 Å². The molecule has 1 atom stereocenters. The number of aliphatic imine (C=N–C) groups is 1. The molecule has 1 saturated heterocycles. The molecule has 0 spiro atoms. The lowest BCUT2D eigenvalue weighted by Crippen LogP contribution is -2.45. The van der Waals surface area contributed by atoms with Gasteiger partial charge < -0.3 is 15.5 Å². The van der Waals surface area contributed by atoms with E-state index in [4.69, 9.17) is 0 Å². The minimum absolute atomic E-state index is 0.125. The molecule has 1 fully saturated rings. The monoisotopic (exact) mass is 391 g/mol. The van der Waals surface area contributed by atoms with Crippen molar-refractivity contribution in [1.82, 2.24) is 20.5 Å². The highest BCUT2D eigenvalue weighted by Gasteiger charge is 2.33. The summed E-state index contributed by atoms with van der Waals surface area (Å²) in [7, 11) is 0. The van der Waals surface area contributed by atoms with E-state index in [1.807, 2.05) is 18.7 Å². The molecule has 10 heteroatoms. The van der Waals surface area contributed by atoms with E-state index < -0.39 is 11.9 Å². The van der Waals surface area contributed by atoms with Crippen molar-refractivity contribution < 1.29 is 18.0 Å². The lowest BCUT2D eigenvalue weighted by atomic mass is 10.3. The molecule has 0 aliphatic carbocycles. The standard InChI is InChI=1S/C16H24F3N5OS/c1-3-14(25)24-8-6-11(9-24)22-15(20-4-2)21-7-5-13-23-12(10-26-13)16(17,18)19/h10-11H,3-9H2,1-2H3,(H2,20,21,22). The topological polar surface area (TPSA) is 69.6 Å². The summed E-state index contributed by atoms with van der Waals surface area (Å²) in [6, 6.07) is 0.125. The van der Waals surface area contributed by atoms with Crippen LogP contribution in [0.3, 0.4) is 0 Å². The molecule has 1 aromatic rings. The number of hydrogen-bond acceptors (Lipinski definition) is 4. The van der Waals surface area contributed by atoms with Crippen molar-refractivity contribution in [1.29, 1.82) is 0 Å². The van der Waals surface area contributed by atoms with Crippen LogP contribution in [0.1, 0.15) is 37.4 Å². The minimum Gasteiger partial charge on any atom is -0.357 e. The number of nitrogens with zero attached hydrogens (tertiary/aromatic N) is 3. The Morgan fingerprint density at radius 1 is 1.46 bits per heavy atom. The van der Waals surface area contributed by atoms with Gasteiger partial charge in [0.15, 0.2) is 11.7 Å². The number of aromatic nitrogens is 1. The smallest absolute Gasteiger partial charge is 0.357 e. The average molecular weight is 391 g/mol. The van der Waals surface area contributed by atoms with Gasteiger partial charge in [0.1, 0.15) is 0 Å². The van der Waals surface area contributed by atoms with Gasteiger partial charge in [-0.25, -0.2) is 4.98 Å². The number of rotatable bonds is 6. The second-order valence-corrected chi connectivity index (χ2v) is 6.90. The maximum absolute atomic E-state index is 12.6. The Morgan fingerprint density at radius 3 is 2.85 bits per heavy atom. The molecule has 146 valence electrons. The van der Waals surface area contributed by atoms with Crippen molar-refractivity contribution in [2.24, 2.45) is 4.99 Å². The molecule has 26 heavy (non-hydrogen) atoms. The second kappa shape index (κ2) is 9.20. The number of likely N-dealkylation sites (tertiary alicyclic amines) is 1. The third kappa shape index (κ3) is 5.86. The summed E-state index contributed by atoms with van der Waals surface area (Å²) in [4.78, 5) is 21.6. The summed E-state index contributed by atoms with van der Waals surface area (Å²) in [5.41, 5.74) is -0.849. The highest BCUT2D eigenvalue weighted by atomic mass is 32.1. The van der Waals surface area contributed by atoms with Gasteiger partial charge in [-0.1, -0.05) is 6.92 Å². The van der Waals surface area contributed by atoms with Crippen LogP contribution < -0.4 is 10.6 Å². The minimum atomic E-state index is -4.40. The molecule has 6 nitrogen and oxygen atoms in total. The maximum atomic E-state index is 12.6. The van der Waals surface area contributed by atoms with E-state index in [0.717, 1.165) is 29.7 Å². The van der Waals surface area contributed by atoms with Crippen molar-refractivity contribution in [3.8, 4) is 0 Å². The Morgan fingerprint density at radius 2 is 2.23 bits per heavy atom. The van der Waals surface area contributed by atoms with Gasteiger partial charge >= 0.3 is 6.18 Å². The zero-order valence-electron chi connectivity index (χ0n) is 14.9.